The first-order chi connectivity index (χ1) is 6.68. The van der Waals surface area contributed by atoms with Gasteiger partial charge in [-0.05, 0) is 35.4 Å². The highest BCUT2D eigenvalue weighted by molar-refractivity contribution is 14.1. The maximum absolute atomic E-state index is 5.90. The molecule has 3 nitrogen and oxygen atoms in total. The highest BCUT2D eigenvalue weighted by Crippen LogP contribution is 2.30. The Hall–Kier alpha value is 0.350. The molecule has 0 spiro atoms. The topological polar surface area (TPSA) is 35.0 Å². The predicted octanol–water partition coefficient (Wildman–Crippen LogP) is 3.24. The molecule has 1 aromatic heterocycles. The van der Waals surface area contributed by atoms with Gasteiger partial charge in [-0.2, -0.15) is 0 Å². The first-order valence-corrected chi connectivity index (χ1v) is 6.02. The number of hydrogen-bond acceptors (Lipinski definition) is 3. The molecule has 14 heavy (non-hydrogen) atoms. The van der Waals surface area contributed by atoms with E-state index in [2.05, 4.69) is 9.97 Å². The van der Waals surface area contributed by atoms with Crippen molar-refractivity contribution in [2.24, 2.45) is 0 Å². The van der Waals surface area contributed by atoms with Gasteiger partial charge >= 0.3 is 0 Å². The Balaban J connectivity index is 2.34. The Kier molecular flexibility index (Phi) is 3.46. The SMILES string of the molecule is Clc1nc(C2CCCO2)nc(Cl)c1I. The third-order valence-corrected chi connectivity index (χ3v) is 4.21. The van der Waals surface area contributed by atoms with Crippen LogP contribution in [0.4, 0.5) is 0 Å². The zero-order valence-electron chi connectivity index (χ0n) is 7.14. The summed E-state index contributed by atoms with van der Waals surface area (Å²) in [4.78, 5) is 8.31. The molecule has 2 rings (SSSR count). The third-order valence-electron chi connectivity index (χ3n) is 2.01. The van der Waals surface area contributed by atoms with Crippen LogP contribution in [0.5, 0.6) is 0 Å². The second-order valence-electron chi connectivity index (χ2n) is 2.98. The van der Waals surface area contributed by atoms with Crippen LogP contribution in [0.3, 0.4) is 0 Å². The molecule has 2 heterocycles. The summed E-state index contributed by atoms with van der Waals surface area (Å²) in [5.74, 6) is 0.595. The summed E-state index contributed by atoms with van der Waals surface area (Å²) in [6.07, 6.45) is 1.93. The van der Waals surface area contributed by atoms with E-state index in [1.807, 2.05) is 22.6 Å². The van der Waals surface area contributed by atoms with E-state index < -0.39 is 0 Å². The van der Waals surface area contributed by atoms with Gasteiger partial charge < -0.3 is 4.74 Å². The third kappa shape index (κ3) is 2.13. The molecule has 1 atom stereocenters. The molecule has 0 radical (unpaired) electrons. The Morgan fingerprint density at radius 1 is 1.29 bits per heavy atom. The zero-order valence-corrected chi connectivity index (χ0v) is 10.8. The van der Waals surface area contributed by atoms with Crippen molar-refractivity contribution < 1.29 is 4.74 Å². The lowest BCUT2D eigenvalue weighted by molar-refractivity contribution is 0.105. The van der Waals surface area contributed by atoms with E-state index in [1.54, 1.807) is 0 Å². The van der Waals surface area contributed by atoms with Crippen molar-refractivity contribution in [2.45, 2.75) is 18.9 Å². The second kappa shape index (κ2) is 4.47. The van der Waals surface area contributed by atoms with E-state index in [0.29, 0.717) is 19.7 Å². The van der Waals surface area contributed by atoms with Crippen LogP contribution in [0.2, 0.25) is 10.3 Å². The lowest BCUT2D eigenvalue weighted by Crippen LogP contribution is -2.04. The highest BCUT2D eigenvalue weighted by atomic mass is 127. The van der Waals surface area contributed by atoms with E-state index in [-0.39, 0.29) is 6.10 Å². The molecule has 0 saturated carbocycles. The van der Waals surface area contributed by atoms with Crippen LogP contribution in [-0.4, -0.2) is 16.6 Å². The van der Waals surface area contributed by atoms with Crippen molar-refractivity contribution in [1.82, 2.24) is 9.97 Å². The van der Waals surface area contributed by atoms with Crippen molar-refractivity contribution in [3.8, 4) is 0 Å². The van der Waals surface area contributed by atoms with Crippen molar-refractivity contribution >= 4 is 45.8 Å². The summed E-state index contributed by atoms with van der Waals surface area (Å²) in [6, 6.07) is 0. The van der Waals surface area contributed by atoms with Gasteiger partial charge in [-0.15, -0.1) is 0 Å². The van der Waals surface area contributed by atoms with Crippen molar-refractivity contribution in [1.29, 1.82) is 0 Å². The molecular formula is C8H7Cl2IN2O. The molecular weight excluding hydrogens is 338 g/mol. The van der Waals surface area contributed by atoms with Gasteiger partial charge in [-0.3, -0.25) is 0 Å². The van der Waals surface area contributed by atoms with Crippen LogP contribution in [-0.2, 0) is 4.74 Å². The van der Waals surface area contributed by atoms with Crippen LogP contribution in [0.15, 0.2) is 0 Å². The molecule has 0 N–H and O–H groups in total. The fourth-order valence-electron chi connectivity index (χ4n) is 1.33. The molecule has 0 aliphatic carbocycles. The molecule has 0 bridgehead atoms. The molecule has 1 aliphatic heterocycles. The Morgan fingerprint density at radius 2 is 1.93 bits per heavy atom. The van der Waals surface area contributed by atoms with Gasteiger partial charge in [-0.25, -0.2) is 9.97 Å². The van der Waals surface area contributed by atoms with Crippen LogP contribution in [0.25, 0.3) is 0 Å². The number of hydrogen-bond donors (Lipinski definition) is 0. The summed E-state index contributed by atoms with van der Waals surface area (Å²) in [5, 5.41) is 0.798. The van der Waals surface area contributed by atoms with E-state index in [0.717, 1.165) is 19.4 Å². The van der Waals surface area contributed by atoms with Crippen LogP contribution < -0.4 is 0 Å². The van der Waals surface area contributed by atoms with Crippen LogP contribution >= 0.6 is 45.8 Å². The maximum atomic E-state index is 5.90. The Bertz CT molecular complexity index is 332. The van der Waals surface area contributed by atoms with Gasteiger partial charge in [0.2, 0.25) is 0 Å². The zero-order chi connectivity index (χ0) is 10.1. The number of nitrogens with zero attached hydrogens (tertiary/aromatic N) is 2. The summed E-state index contributed by atoms with van der Waals surface area (Å²) in [7, 11) is 0. The van der Waals surface area contributed by atoms with E-state index >= 15 is 0 Å². The standard InChI is InChI=1S/C8H7Cl2IN2O/c9-6-5(11)7(10)13-8(12-6)4-2-1-3-14-4/h4H,1-3H2. The molecule has 1 unspecified atom stereocenters. The van der Waals surface area contributed by atoms with E-state index in [9.17, 15) is 0 Å². The smallest absolute Gasteiger partial charge is 0.160 e. The molecule has 0 aromatic carbocycles. The minimum Gasteiger partial charge on any atom is -0.370 e. The van der Waals surface area contributed by atoms with Gasteiger partial charge in [0, 0.05) is 6.61 Å². The first kappa shape index (κ1) is 10.9. The average molecular weight is 345 g/mol. The van der Waals surface area contributed by atoms with Gasteiger partial charge in [-0.1, -0.05) is 23.2 Å². The normalized spacial score (nSPS) is 21.5. The maximum Gasteiger partial charge on any atom is 0.160 e. The van der Waals surface area contributed by atoms with Gasteiger partial charge in [0.1, 0.15) is 16.4 Å². The predicted molar refractivity (Wildman–Crippen MR) is 62.7 cm³/mol. The van der Waals surface area contributed by atoms with Gasteiger partial charge in [0.15, 0.2) is 5.82 Å². The molecule has 1 fully saturated rings. The number of halogens is 3. The minimum absolute atomic E-state index is 0.0398. The summed E-state index contributed by atoms with van der Waals surface area (Å²) in [6.45, 7) is 0.759. The molecule has 76 valence electrons. The van der Waals surface area contributed by atoms with Crippen LogP contribution in [0.1, 0.15) is 24.8 Å². The van der Waals surface area contributed by atoms with Crippen LogP contribution in [0, 0.1) is 3.57 Å². The summed E-state index contributed by atoms with van der Waals surface area (Å²) >= 11 is 13.8. The fourth-order valence-corrected chi connectivity index (χ4v) is 1.98. The van der Waals surface area contributed by atoms with Gasteiger partial charge in [0.25, 0.3) is 0 Å². The quantitative estimate of drug-likeness (QED) is 0.579. The lowest BCUT2D eigenvalue weighted by Gasteiger charge is -2.09. The Labute approximate surface area is 105 Å². The average Bonchev–Trinajstić information content (AvgIpc) is 2.66. The highest BCUT2D eigenvalue weighted by Gasteiger charge is 2.22. The van der Waals surface area contributed by atoms with E-state index in [4.69, 9.17) is 27.9 Å². The number of aromatic nitrogens is 2. The molecule has 0 amide bonds. The van der Waals surface area contributed by atoms with E-state index in [1.165, 1.54) is 0 Å². The van der Waals surface area contributed by atoms with Crippen molar-refractivity contribution in [3.05, 3.63) is 19.7 Å². The molecule has 1 aliphatic rings. The second-order valence-corrected chi connectivity index (χ2v) is 4.77. The number of ether oxygens (including phenoxy) is 1. The molecule has 1 saturated heterocycles. The minimum atomic E-state index is -0.0398. The summed E-state index contributed by atoms with van der Waals surface area (Å²) in [5.41, 5.74) is 0. The molecule has 6 heteroatoms. The molecule has 1 aromatic rings. The summed E-state index contributed by atoms with van der Waals surface area (Å²) < 4.78 is 6.13. The number of rotatable bonds is 1. The van der Waals surface area contributed by atoms with Gasteiger partial charge in [0.05, 0.1) is 3.57 Å². The van der Waals surface area contributed by atoms with Crippen molar-refractivity contribution in [3.63, 3.8) is 0 Å². The lowest BCUT2D eigenvalue weighted by atomic mass is 10.2. The monoisotopic (exact) mass is 344 g/mol. The fraction of sp³-hybridized carbons (Fsp3) is 0.500. The first-order valence-electron chi connectivity index (χ1n) is 4.18. The Morgan fingerprint density at radius 3 is 2.43 bits per heavy atom. The van der Waals surface area contributed by atoms with Crippen molar-refractivity contribution in [2.75, 3.05) is 6.61 Å². The largest absolute Gasteiger partial charge is 0.370 e.